The lowest BCUT2D eigenvalue weighted by atomic mass is 9.92. The van der Waals surface area contributed by atoms with E-state index in [1.165, 1.54) is 30.2 Å². The highest BCUT2D eigenvalue weighted by atomic mass is 35.5. The van der Waals surface area contributed by atoms with Gasteiger partial charge in [-0.15, -0.1) is 0 Å². The Morgan fingerprint density at radius 1 is 1.12 bits per heavy atom. The van der Waals surface area contributed by atoms with Crippen LogP contribution in [0.3, 0.4) is 0 Å². The van der Waals surface area contributed by atoms with Crippen LogP contribution in [0.4, 0.5) is 5.69 Å². The van der Waals surface area contributed by atoms with Crippen molar-refractivity contribution >= 4 is 68.4 Å². The summed E-state index contributed by atoms with van der Waals surface area (Å²) in [6.45, 7) is 6.62. The summed E-state index contributed by atoms with van der Waals surface area (Å²) in [4.78, 5) is 42.2. The van der Waals surface area contributed by atoms with Crippen molar-refractivity contribution in [2.24, 2.45) is 5.73 Å². The molecule has 5 rings (SSSR count). The zero-order valence-electron chi connectivity index (χ0n) is 23.3. The molecule has 0 radical (unpaired) electrons. The lowest BCUT2D eigenvalue weighted by molar-refractivity contribution is -0.124. The highest BCUT2D eigenvalue weighted by molar-refractivity contribution is 6.37. The first kappa shape index (κ1) is 29.1. The monoisotopic (exact) mass is 602 g/mol. The third kappa shape index (κ3) is 5.20. The lowest BCUT2D eigenvalue weighted by Crippen LogP contribution is -2.25. The number of nitrogens with one attached hydrogen (secondary N) is 2. The number of carbonyl (C=O) groups is 3. The van der Waals surface area contributed by atoms with Crippen LogP contribution in [0.15, 0.2) is 77.6 Å². The van der Waals surface area contributed by atoms with Crippen molar-refractivity contribution in [2.75, 3.05) is 5.32 Å². The van der Waals surface area contributed by atoms with Crippen LogP contribution in [0.2, 0.25) is 5.02 Å². The molecule has 0 saturated heterocycles. The molecule has 0 saturated carbocycles. The van der Waals surface area contributed by atoms with Gasteiger partial charge in [-0.1, -0.05) is 47.5 Å². The molecule has 2 heterocycles. The minimum absolute atomic E-state index is 0.231. The van der Waals surface area contributed by atoms with Crippen molar-refractivity contribution in [2.45, 2.75) is 33.3 Å². The maximum absolute atomic E-state index is 13.1. The molecule has 10 heteroatoms. The number of hydrogen-bond acceptors (Lipinski definition) is 4. The number of fused-ring (bicyclic) bond motifs is 3. The Morgan fingerprint density at radius 2 is 1.86 bits per heavy atom. The molecule has 0 bridgehead atoms. The first-order valence-corrected chi connectivity index (χ1v) is 13.8. The Bertz CT molecular complexity index is 1910. The summed E-state index contributed by atoms with van der Waals surface area (Å²) in [5, 5.41) is 15.5. The number of nitrogens with two attached hydrogens (primary N) is 1. The van der Waals surface area contributed by atoms with Gasteiger partial charge in [0.15, 0.2) is 0 Å². The minimum Gasteiger partial charge on any atom is -0.386 e. The van der Waals surface area contributed by atoms with Crippen molar-refractivity contribution in [3.05, 3.63) is 99.3 Å². The van der Waals surface area contributed by atoms with Gasteiger partial charge in [0.05, 0.1) is 27.4 Å². The van der Waals surface area contributed by atoms with E-state index in [1.54, 1.807) is 38.1 Å². The molecule has 0 unspecified atom stereocenters. The van der Waals surface area contributed by atoms with Crippen LogP contribution in [0.5, 0.6) is 0 Å². The zero-order chi connectivity index (χ0) is 30.5. The van der Waals surface area contributed by atoms with Crippen molar-refractivity contribution in [3.63, 3.8) is 0 Å². The van der Waals surface area contributed by atoms with Gasteiger partial charge in [-0.2, -0.15) is 0 Å². The topological polar surface area (TPSA) is 129 Å². The number of anilines is 1. The van der Waals surface area contributed by atoms with Gasteiger partial charge in [0.2, 0.25) is 5.91 Å². The first-order valence-electron chi connectivity index (χ1n) is 13.1. The SMILES string of the molecule is CC(=O)N1C=CC=C(Cl)/C1=C/C(=O)Nc1cccc(-c2c(Cl)cc(C(N)=O)c3[nH]c4cc(C(C)(C)O)ccc4c23)c1C. The van der Waals surface area contributed by atoms with Crippen molar-refractivity contribution in [3.8, 4) is 11.1 Å². The number of primary amides is 1. The molecule has 1 aromatic heterocycles. The third-order valence-corrected chi connectivity index (χ3v) is 7.87. The van der Waals surface area contributed by atoms with Crippen LogP contribution in [-0.4, -0.2) is 32.7 Å². The second-order valence-corrected chi connectivity index (χ2v) is 11.4. The number of amides is 3. The molecule has 0 atom stereocenters. The second kappa shape index (κ2) is 10.8. The van der Waals surface area contributed by atoms with Gasteiger partial charge < -0.3 is 21.1 Å². The minimum atomic E-state index is -1.08. The van der Waals surface area contributed by atoms with Crippen LogP contribution < -0.4 is 11.1 Å². The van der Waals surface area contributed by atoms with E-state index in [9.17, 15) is 19.5 Å². The Labute approximate surface area is 252 Å². The number of nitrogens with zero attached hydrogens (tertiary/aromatic N) is 1. The van der Waals surface area contributed by atoms with Crippen molar-refractivity contribution in [1.82, 2.24) is 9.88 Å². The highest BCUT2D eigenvalue weighted by Crippen LogP contribution is 2.44. The number of allylic oxidation sites excluding steroid dienone is 3. The summed E-state index contributed by atoms with van der Waals surface area (Å²) in [5.41, 5.74) is 9.66. The van der Waals surface area contributed by atoms with Crippen LogP contribution >= 0.6 is 23.2 Å². The molecule has 3 amide bonds. The van der Waals surface area contributed by atoms with E-state index in [2.05, 4.69) is 10.3 Å². The summed E-state index contributed by atoms with van der Waals surface area (Å²) in [6.07, 6.45) is 6.02. The van der Waals surface area contributed by atoms with Crippen molar-refractivity contribution in [1.29, 1.82) is 0 Å². The van der Waals surface area contributed by atoms with Gasteiger partial charge in [0.1, 0.15) is 0 Å². The molecule has 5 N–H and O–H groups in total. The molecule has 3 aromatic carbocycles. The number of benzene rings is 3. The number of aromatic amines is 1. The molecule has 0 fully saturated rings. The van der Waals surface area contributed by atoms with E-state index in [0.717, 1.165) is 16.5 Å². The van der Waals surface area contributed by atoms with E-state index in [1.807, 2.05) is 31.2 Å². The van der Waals surface area contributed by atoms with Crippen LogP contribution in [-0.2, 0) is 15.2 Å². The van der Waals surface area contributed by atoms with Gasteiger partial charge in [0.25, 0.3) is 11.8 Å². The molecule has 214 valence electrons. The third-order valence-electron chi connectivity index (χ3n) is 7.25. The molecule has 4 aromatic rings. The molecule has 1 aliphatic heterocycles. The second-order valence-electron chi connectivity index (χ2n) is 10.6. The molecular formula is C32H28Cl2N4O4. The largest absolute Gasteiger partial charge is 0.386 e. The summed E-state index contributed by atoms with van der Waals surface area (Å²) in [5.74, 6) is -1.41. The standard InChI is InChI=1S/C32H28Cl2N4O4/c1-16-19(7-5-9-24(16)36-27(40)15-26-22(33)8-6-12-38(26)17(2)39)28-23(34)14-21(31(35)41)30-29(28)20-11-10-18(32(3,4)42)13-25(20)37-30/h5-15,37,42H,1-4H3,(H2,35,41)(H,36,40)/b26-15-. The number of aliphatic hydroxyl groups is 1. The molecule has 0 spiro atoms. The summed E-state index contributed by atoms with van der Waals surface area (Å²) in [7, 11) is 0. The fourth-order valence-electron chi connectivity index (χ4n) is 5.13. The molecular weight excluding hydrogens is 575 g/mol. The van der Waals surface area contributed by atoms with Crippen LogP contribution in [0.25, 0.3) is 32.9 Å². The quantitative estimate of drug-likeness (QED) is 0.192. The average Bonchev–Trinajstić information content (AvgIpc) is 3.29. The van der Waals surface area contributed by atoms with E-state index >= 15 is 0 Å². The van der Waals surface area contributed by atoms with Gasteiger partial charge in [-0.05, 0) is 67.8 Å². The van der Waals surface area contributed by atoms with E-state index in [-0.39, 0.29) is 22.2 Å². The number of H-pyrrole nitrogens is 1. The van der Waals surface area contributed by atoms with E-state index in [0.29, 0.717) is 38.3 Å². The number of carbonyl (C=O) groups excluding carboxylic acids is 3. The zero-order valence-corrected chi connectivity index (χ0v) is 24.8. The Kier molecular flexibility index (Phi) is 7.49. The first-order chi connectivity index (χ1) is 19.8. The predicted octanol–water partition coefficient (Wildman–Crippen LogP) is 6.60. The molecule has 8 nitrogen and oxygen atoms in total. The van der Waals surface area contributed by atoms with Gasteiger partial charge >= 0.3 is 0 Å². The van der Waals surface area contributed by atoms with Gasteiger partial charge in [-0.3, -0.25) is 19.3 Å². The van der Waals surface area contributed by atoms with Crippen LogP contribution in [0, 0.1) is 6.92 Å². The lowest BCUT2D eigenvalue weighted by Gasteiger charge is -2.22. The molecule has 1 aliphatic rings. The Morgan fingerprint density at radius 3 is 2.52 bits per heavy atom. The summed E-state index contributed by atoms with van der Waals surface area (Å²) < 4.78 is 0. The van der Waals surface area contributed by atoms with E-state index in [4.69, 9.17) is 28.9 Å². The number of aromatic nitrogens is 1. The summed E-state index contributed by atoms with van der Waals surface area (Å²) in [6, 6.07) is 12.5. The van der Waals surface area contributed by atoms with Crippen LogP contribution in [0.1, 0.15) is 42.3 Å². The Hall–Kier alpha value is -4.37. The number of rotatable bonds is 5. The Balaban J connectivity index is 1.65. The molecule has 0 aliphatic carbocycles. The summed E-state index contributed by atoms with van der Waals surface area (Å²) >= 11 is 13.1. The molecule has 42 heavy (non-hydrogen) atoms. The normalized spacial score (nSPS) is 14.5. The smallest absolute Gasteiger partial charge is 0.250 e. The average molecular weight is 604 g/mol. The van der Waals surface area contributed by atoms with E-state index < -0.39 is 17.4 Å². The predicted molar refractivity (Wildman–Crippen MR) is 167 cm³/mol. The van der Waals surface area contributed by atoms with Gasteiger partial charge in [0, 0.05) is 51.8 Å². The highest BCUT2D eigenvalue weighted by Gasteiger charge is 2.24. The van der Waals surface area contributed by atoms with Crippen molar-refractivity contribution < 1.29 is 19.5 Å². The van der Waals surface area contributed by atoms with Gasteiger partial charge in [-0.25, -0.2) is 0 Å². The number of halogens is 2. The fourth-order valence-corrected chi connectivity index (χ4v) is 5.65. The number of hydrogen-bond donors (Lipinski definition) is 4. The maximum atomic E-state index is 13.1. The fraction of sp³-hybridized carbons (Fsp3) is 0.156. The maximum Gasteiger partial charge on any atom is 0.250 e.